The van der Waals surface area contributed by atoms with Crippen LogP contribution in [0.15, 0.2) is 0 Å². The minimum atomic E-state index is -0.0790. The molecule has 0 aromatic heterocycles. The Hall–Kier alpha value is -0.280. The fourth-order valence-electron chi connectivity index (χ4n) is 1.52. The Morgan fingerprint density at radius 3 is 2.75 bits per heavy atom. The Morgan fingerprint density at radius 2 is 2.25 bits per heavy atom. The first-order valence-corrected chi connectivity index (χ1v) is 4.07. The molecule has 0 amide bonds. The highest BCUT2D eigenvalue weighted by Gasteiger charge is 2.27. The van der Waals surface area contributed by atoms with Gasteiger partial charge in [0, 0.05) is 6.04 Å². The van der Waals surface area contributed by atoms with Crippen LogP contribution in [0.1, 0.15) is 19.8 Å². The molecule has 0 aliphatic carbocycles. The third kappa shape index (κ3) is 2.64. The lowest BCUT2D eigenvalue weighted by Crippen LogP contribution is -2.43. The van der Waals surface area contributed by atoms with Gasteiger partial charge in [0.1, 0.15) is 0 Å². The summed E-state index contributed by atoms with van der Waals surface area (Å²) < 4.78 is 4.68. The van der Waals surface area contributed by atoms with Gasteiger partial charge in [0.05, 0.1) is 13.0 Å². The number of hydrogen-bond acceptors (Lipinski definition) is 3. The Bertz CT molecular complexity index is 152. The highest BCUT2D eigenvalue weighted by Crippen LogP contribution is 2.16. The number of carbonyl (C=O) groups is 1. The van der Waals surface area contributed by atoms with Crippen LogP contribution < -0.4 is 5.32 Å². The number of halogens is 1. The predicted molar refractivity (Wildman–Crippen MR) is 49.5 cm³/mol. The van der Waals surface area contributed by atoms with Crippen LogP contribution in [-0.2, 0) is 9.53 Å². The zero-order valence-corrected chi connectivity index (χ0v) is 8.32. The molecule has 1 N–H and O–H groups in total. The van der Waals surface area contributed by atoms with E-state index in [0.29, 0.717) is 0 Å². The van der Waals surface area contributed by atoms with E-state index in [-0.39, 0.29) is 30.3 Å². The van der Waals surface area contributed by atoms with Crippen LogP contribution in [0.2, 0.25) is 0 Å². The normalized spacial score (nSPS) is 28.8. The second-order valence-corrected chi connectivity index (χ2v) is 3.01. The van der Waals surface area contributed by atoms with Crippen LogP contribution in [0.25, 0.3) is 0 Å². The lowest BCUT2D eigenvalue weighted by molar-refractivity contribution is -0.147. The summed E-state index contributed by atoms with van der Waals surface area (Å²) in [5, 5.41) is 3.25. The fourth-order valence-corrected chi connectivity index (χ4v) is 1.52. The average Bonchev–Trinajstić information content (AvgIpc) is 2.04. The van der Waals surface area contributed by atoms with Crippen molar-refractivity contribution < 1.29 is 9.53 Å². The summed E-state index contributed by atoms with van der Waals surface area (Å²) in [6.45, 7) is 3.05. The zero-order chi connectivity index (χ0) is 8.27. The van der Waals surface area contributed by atoms with Crippen molar-refractivity contribution in [2.24, 2.45) is 5.92 Å². The Morgan fingerprint density at radius 1 is 1.58 bits per heavy atom. The van der Waals surface area contributed by atoms with Gasteiger partial charge in [-0.05, 0) is 26.3 Å². The van der Waals surface area contributed by atoms with E-state index in [1.54, 1.807) is 0 Å². The van der Waals surface area contributed by atoms with E-state index in [1.807, 2.05) is 6.92 Å². The molecule has 72 valence electrons. The van der Waals surface area contributed by atoms with Crippen molar-refractivity contribution in [3.8, 4) is 0 Å². The van der Waals surface area contributed by atoms with Crippen molar-refractivity contribution in [3.05, 3.63) is 0 Å². The van der Waals surface area contributed by atoms with Crippen LogP contribution in [0.3, 0.4) is 0 Å². The molecular formula is C8H16ClNO2. The van der Waals surface area contributed by atoms with Gasteiger partial charge in [0.25, 0.3) is 0 Å². The molecule has 0 aromatic rings. The second kappa shape index (κ2) is 5.38. The van der Waals surface area contributed by atoms with Crippen molar-refractivity contribution in [1.82, 2.24) is 5.32 Å². The third-order valence-corrected chi connectivity index (χ3v) is 2.27. The molecule has 0 bridgehead atoms. The minimum Gasteiger partial charge on any atom is -0.469 e. The maximum Gasteiger partial charge on any atom is 0.310 e. The molecule has 4 heteroatoms. The molecule has 1 aliphatic heterocycles. The SMILES string of the molecule is COC(=O)[C@@H]1CCCN[C@@H]1C.Cl. The maximum absolute atomic E-state index is 11.1. The summed E-state index contributed by atoms with van der Waals surface area (Å²) in [5.41, 5.74) is 0. The summed E-state index contributed by atoms with van der Waals surface area (Å²) in [6, 6.07) is 0.274. The molecule has 1 fully saturated rings. The molecule has 1 aliphatic rings. The van der Waals surface area contributed by atoms with Crippen molar-refractivity contribution in [2.75, 3.05) is 13.7 Å². The molecule has 12 heavy (non-hydrogen) atoms. The number of methoxy groups -OCH3 is 1. The number of rotatable bonds is 1. The molecule has 0 unspecified atom stereocenters. The van der Waals surface area contributed by atoms with Gasteiger partial charge >= 0.3 is 5.97 Å². The van der Waals surface area contributed by atoms with Crippen molar-refractivity contribution in [1.29, 1.82) is 0 Å². The Kier molecular flexibility index (Phi) is 5.25. The molecule has 3 nitrogen and oxygen atoms in total. The molecule has 0 aromatic carbocycles. The number of ether oxygens (including phenoxy) is 1. The van der Waals surface area contributed by atoms with Crippen molar-refractivity contribution in [3.63, 3.8) is 0 Å². The summed E-state index contributed by atoms with van der Waals surface area (Å²) in [6.07, 6.45) is 2.03. The van der Waals surface area contributed by atoms with Gasteiger partial charge in [0.2, 0.25) is 0 Å². The fraction of sp³-hybridized carbons (Fsp3) is 0.875. The summed E-state index contributed by atoms with van der Waals surface area (Å²) >= 11 is 0. The highest BCUT2D eigenvalue weighted by atomic mass is 35.5. The van der Waals surface area contributed by atoms with Gasteiger partial charge in [-0.2, -0.15) is 0 Å². The van der Waals surface area contributed by atoms with Gasteiger partial charge in [-0.15, -0.1) is 12.4 Å². The van der Waals surface area contributed by atoms with E-state index in [2.05, 4.69) is 10.1 Å². The number of esters is 1. The van der Waals surface area contributed by atoms with Gasteiger partial charge in [-0.1, -0.05) is 0 Å². The van der Waals surface area contributed by atoms with E-state index in [9.17, 15) is 4.79 Å². The average molecular weight is 194 g/mol. The standard InChI is InChI=1S/C8H15NO2.ClH/c1-6-7(8(10)11-2)4-3-5-9-6;/h6-7,9H,3-5H2,1-2H3;1H/t6-,7-;/m1./s1. The van der Waals surface area contributed by atoms with Gasteiger partial charge in [-0.25, -0.2) is 0 Å². The molecule has 0 radical (unpaired) electrons. The van der Waals surface area contributed by atoms with Crippen LogP contribution >= 0.6 is 12.4 Å². The first kappa shape index (κ1) is 11.7. The molecule has 0 saturated carbocycles. The molecule has 2 atom stereocenters. The number of carbonyl (C=O) groups excluding carboxylic acids is 1. The zero-order valence-electron chi connectivity index (χ0n) is 7.50. The van der Waals surface area contributed by atoms with E-state index >= 15 is 0 Å². The van der Waals surface area contributed by atoms with Crippen LogP contribution in [-0.4, -0.2) is 25.7 Å². The van der Waals surface area contributed by atoms with E-state index in [4.69, 9.17) is 0 Å². The van der Waals surface area contributed by atoms with Crippen LogP contribution in [0, 0.1) is 5.92 Å². The van der Waals surface area contributed by atoms with Crippen LogP contribution in [0.5, 0.6) is 0 Å². The van der Waals surface area contributed by atoms with E-state index in [0.717, 1.165) is 19.4 Å². The third-order valence-electron chi connectivity index (χ3n) is 2.27. The smallest absolute Gasteiger partial charge is 0.310 e. The van der Waals surface area contributed by atoms with E-state index < -0.39 is 0 Å². The second-order valence-electron chi connectivity index (χ2n) is 3.01. The number of piperidine rings is 1. The minimum absolute atomic E-state index is 0. The summed E-state index contributed by atoms with van der Waals surface area (Å²) in [4.78, 5) is 11.1. The lowest BCUT2D eigenvalue weighted by Gasteiger charge is -2.27. The molecule has 1 saturated heterocycles. The van der Waals surface area contributed by atoms with Gasteiger partial charge in [0.15, 0.2) is 0 Å². The molecule has 0 spiro atoms. The monoisotopic (exact) mass is 193 g/mol. The van der Waals surface area contributed by atoms with Gasteiger partial charge in [-0.3, -0.25) is 4.79 Å². The summed E-state index contributed by atoms with van der Waals surface area (Å²) in [5.74, 6) is -0.0153. The Balaban J connectivity index is 0.00000121. The lowest BCUT2D eigenvalue weighted by atomic mass is 9.92. The predicted octanol–water partition coefficient (Wildman–Crippen LogP) is 0.969. The topological polar surface area (TPSA) is 38.3 Å². The van der Waals surface area contributed by atoms with E-state index in [1.165, 1.54) is 7.11 Å². The van der Waals surface area contributed by atoms with Crippen molar-refractivity contribution >= 4 is 18.4 Å². The summed E-state index contributed by atoms with van der Waals surface area (Å²) in [7, 11) is 1.45. The first-order valence-electron chi connectivity index (χ1n) is 4.07. The molecule has 1 heterocycles. The largest absolute Gasteiger partial charge is 0.469 e. The highest BCUT2D eigenvalue weighted by molar-refractivity contribution is 5.85. The molecular weight excluding hydrogens is 178 g/mol. The van der Waals surface area contributed by atoms with Gasteiger partial charge < -0.3 is 10.1 Å². The maximum atomic E-state index is 11.1. The molecule has 1 rings (SSSR count). The quantitative estimate of drug-likeness (QED) is 0.631. The van der Waals surface area contributed by atoms with Crippen LogP contribution in [0.4, 0.5) is 0 Å². The van der Waals surface area contributed by atoms with Crippen molar-refractivity contribution in [2.45, 2.75) is 25.8 Å². The Labute approximate surface area is 79.3 Å². The number of hydrogen-bond donors (Lipinski definition) is 1. The first-order chi connectivity index (χ1) is 5.25. The number of nitrogens with one attached hydrogen (secondary N) is 1.